The molecule has 4 heteroatoms. The molecule has 1 heterocycles. The second-order valence-electron chi connectivity index (χ2n) is 6.68. The third kappa shape index (κ3) is 4.45. The van der Waals surface area contributed by atoms with Crippen LogP contribution in [0.1, 0.15) is 52.9 Å². The van der Waals surface area contributed by atoms with E-state index in [9.17, 15) is 4.79 Å². The lowest BCUT2D eigenvalue weighted by atomic mass is 10.1. The topological polar surface area (TPSA) is 41.6 Å². The molecular weight excluding hydrogens is 252 g/mol. The first-order valence-corrected chi connectivity index (χ1v) is 8.26. The molecule has 0 radical (unpaired) electrons. The maximum atomic E-state index is 12.3. The molecule has 2 atom stereocenters. The van der Waals surface area contributed by atoms with Gasteiger partial charge in [0, 0.05) is 19.8 Å². The zero-order chi connectivity index (χ0) is 14.5. The van der Waals surface area contributed by atoms with E-state index in [1.54, 1.807) is 0 Å². The van der Waals surface area contributed by atoms with Crippen molar-refractivity contribution >= 4 is 5.91 Å². The molecule has 2 fully saturated rings. The lowest BCUT2D eigenvalue weighted by Crippen LogP contribution is -2.39. The number of amides is 1. The Hall–Kier alpha value is -0.610. The van der Waals surface area contributed by atoms with E-state index < -0.39 is 0 Å². The fraction of sp³-hybridized carbons (Fsp3) is 0.938. The second-order valence-corrected chi connectivity index (χ2v) is 6.68. The average molecular weight is 282 g/mol. The van der Waals surface area contributed by atoms with Crippen LogP contribution in [0.2, 0.25) is 0 Å². The molecule has 1 amide bonds. The van der Waals surface area contributed by atoms with Crippen LogP contribution in [0.5, 0.6) is 0 Å². The third-order valence-corrected chi connectivity index (χ3v) is 4.19. The van der Waals surface area contributed by atoms with Crippen LogP contribution in [0.4, 0.5) is 0 Å². The van der Waals surface area contributed by atoms with Gasteiger partial charge in [0.2, 0.25) is 5.91 Å². The number of carbonyl (C=O) groups is 1. The van der Waals surface area contributed by atoms with Gasteiger partial charge in [-0.2, -0.15) is 0 Å². The molecule has 2 aliphatic rings. The summed E-state index contributed by atoms with van der Waals surface area (Å²) >= 11 is 0. The zero-order valence-electron chi connectivity index (χ0n) is 13.2. The van der Waals surface area contributed by atoms with Crippen molar-refractivity contribution in [2.45, 2.75) is 65.1 Å². The van der Waals surface area contributed by atoms with E-state index in [1.807, 2.05) is 4.90 Å². The van der Waals surface area contributed by atoms with Gasteiger partial charge in [-0.15, -0.1) is 0 Å². The second kappa shape index (κ2) is 7.41. The van der Waals surface area contributed by atoms with Crippen molar-refractivity contribution in [3.8, 4) is 0 Å². The SMILES string of the molecule is CCC1NC(CC(C)C)N(CCCOCC2CC2)C1=O. The minimum absolute atomic E-state index is 0.0196. The summed E-state index contributed by atoms with van der Waals surface area (Å²) in [4.78, 5) is 14.4. The van der Waals surface area contributed by atoms with Crippen molar-refractivity contribution in [2.75, 3.05) is 19.8 Å². The fourth-order valence-electron chi connectivity index (χ4n) is 2.82. The van der Waals surface area contributed by atoms with E-state index in [2.05, 4.69) is 26.1 Å². The Balaban J connectivity index is 1.73. The first kappa shape index (κ1) is 15.8. The Morgan fingerprint density at radius 3 is 2.75 bits per heavy atom. The number of hydrogen-bond acceptors (Lipinski definition) is 3. The minimum Gasteiger partial charge on any atom is -0.381 e. The van der Waals surface area contributed by atoms with Gasteiger partial charge in [0.1, 0.15) is 0 Å². The number of nitrogens with one attached hydrogen (secondary N) is 1. The normalized spacial score (nSPS) is 26.8. The van der Waals surface area contributed by atoms with E-state index >= 15 is 0 Å². The molecule has 20 heavy (non-hydrogen) atoms. The molecule has 0 aromatic heterocycles. The number of hydrogen-bond donors (Lipinski definition) is 1. The number of ether oxygens (including phenoxy) is 1. The lowest BCUT2D eigenvalue weighted by Gasteiger charge is -2.25. The first-order chi connectivity index (χ1) is 9.61. The molecule has 0 aromatic carbocycles. The molecule has 1 N–H and O–H groups in total. The Bertz CT molecular complexity index is 316. The molecule has 2 rings (SSSR count). The Kier molecular flexibility index (Phi) is 5.85. The molecular formula is C16H30N2O2. The van der Waals surface area contributed by atoms with E-state index in [0.29, 0.717) is 5.92 Å². The molecule has 0 aromatic rings. The first-order valence-electron chi connectivity index (χ1n) is 8.26. The molecule has 1 aliphatic carbocycles. The molecule has 4 nitrogen and oxygen atoms in total. The van der Waals surface area contributed by atoms with Gasteiger partial charge in [0.25, 0.3) is 0 Å². The van der Waals surface area contributed by atoms with Crippen LogP contribution in [0.3, 0.4) is 0 Å². The molecule has 1 aliphatic heterocycles. The highest BCUT2D eigenvalue weighted by atomic mass is 16.5. The standard InChI is InChI=1S/C16H30N2O2/c1-4-14-16(19)18(15(17-14)10-12(2)3)8-5-9-20-11-13-6-7-13/h12-15,17H,4-11H2,1-3H3. The fourth-order valence-corrected chi connectivity index (χ4v) is 2.82. The van der Waals surface area contributed by atoms with E-state index in [0.717, 1.165) is 44.9 Å². The van der Waals surface area contributed by atoms with Gasteiger partial charge < -0.3 is 9.64 Å². The maximum absolute atomic E-state index is 12.3. The predicted molar refractivity (Wildman–Crippen MR) is 80.3 cm³/mol. The van der Waals surface area contributed by atoms with Gasteiger partial charge in [-0.25, -0.2) is 0 Å². The van der Waals surface area contributed by atoms with Crippen molar-refractivity contribution < 1.29 is 9.53 Å². The molecule has 1 saturated carbocycles. The summed E-state index contributed by atoms with van der Waals surface area (Å²) in [5.74, 6) is 1.70. The summed E-state index contributed by atoms with van der Waals surface area (Å²) in [7, 11) is 0. The van der Waals surface area contributed by atoms with Gasteiger partial charge >= 0.3 is 0 Å². The van der Waals surface area contributed by atoms with Crippen LogP contribution in [0, 0.1) is 11.8 Å². The van der Waals surface area contributed by atoms with Crippen LogP contribution in [-0.2, 0) is 9.53 Å². The summed E-state index contributed by atoms with van der Waals surface area (Å²) in [6.45, 7) is 9.02. The highest BCUT2D eigenvalue weighted by molar-refractivity contribution is 5.84. The molecule has 0 bridgehead atoms. The van der Waals surface area contributed by atoms with Crippen molar-refractivity contribution in [2.24, 2.45) is 11.8 Å². The van der Waals surface area contributed by atoms with Crippen LogP contribution >= 0.6 is 0 Å². The van der Waals surface area contributed by atoms with Crippen molar-refractivity contribution in [1.29, 1.82) is 0 Å². The third-order valence-electron chi connectivity index (χ3n) is 4.19. The Morgan fingerprint density at radius 1 is 1.40 bits per heavy atom. The maximum Gasteiger partial charge on any atom is 0.241 e. The number of carbonyl (C=O) groups excluding carboxylic acids is 1. The molecule has 1 saturated heterocycles. The number of rotatable bonds is 9. The number of nitrogens with zero attached hydrogens (tertiary/aromatic N) is 1. The summed E-state index contributed by atoms with van der Waals surface area (Å²) in [6.07, 6.45) is 5.75. The molecule has 116 valence electrons. The monoisotopic (exact) mass is 282 g/mol. The molecule has 0 spiro atoms. The Labute approximate surface area is 123 Å². The lowest BCUT2D eigenvalue weighted by molar-refractivity contribution is -0.130. The van der Waals surface area contributed by atoms with Crippen molar-refractivity contribution in [3.63, 3.8) is 0 Å². The molecule has 2 unspecified atom stereocenters. The summed E-state index contributed by atoms with van der Waals surface area (Å²) in [5, 5.41) is 3.48. The quantitative estimate of drug-likeness (QED) is 0.660. The van der Waals surface area contributed by atoms with Crippen LogP contribution < -0.4 is 5.32 Å². The Morgan fingerprint density at radius 2 is 2.15 bits per heavy atom. The summed E-state index contributed by atoms with van der Waals surface area (Å²) in [5.41, 5.74) is 0. The van der Waals surface area contributed by atoms with Crippen molar-refractivity contribution in [3.05, 3.63) is 0 Å². The van der Waals surface area contributed by atoms with Gasteiger partial charge in [-0.1, -0.05) is 20.8 Å². The summed E-state index contributed by atoms with van der Waals surface area (Å²) in [6, 6.07) is 0.0196. The van der Waals surface area contributed by atoms with E-state index in [4.69, 9.17) is 4.74 Å². The van der Waals surface area contributed by atoms with Gasteiger partial charge in [0.05, 0.1) is 12.2 Å². The smallest absolute Gasteiger partial charge is 0.241 e. The highest BCUT2D eigenvalue weighted by Crippen LogP contribution is 2.28. The van der Waals surface area contributed by atoms with Crippen LogP contribution in [0.25, 0.3) is 0 Å². The minimum atomic E-state index is 0.0196. The van der Waals surface area contributed by atoms with Crippen LogP contribution in [0.15, 0.2) is 0 Å². The zero-order valence-corrected chi connectivity index (χ0v) is 13.2. The highest BCUT2D eigenvalue weighted by Gasteiger charge is 2.37. The van der Waals surface area contributed by atoms with Gasteiger partial charge in [-0.05, 0) is 43.9 Å². The van der Waals surface area contributed by atoms with E-state index in [1.165, 1.54) is 12.8 Å². The largest absolute Gasteiger partial charge is 0.381 e. The van der Waals surface area contributed by atoms with Gasteiger partial charge in [0.15, 0.2) is 0 Å². The summed E-state index contributed by atoms with van der Waals surface area (Å²) < 4.78 is 5.66. The predicted octanol–water partition coefficient (Wildman–Crippen LogP) is 2.39. The van der Waals surface area contributed by atoms with Crippen molar-refractivity contribution in [1.82, 2.24) is 10.2 Å². The van der Waals surface area contributed by atoms with E-state index in [-0.39, 0.29) is 18.1 Å². The average Bonchev–Trinajstić information content (AvgIpc) is 3.17. The van der Waals surface area contributed by atoms with Gasteiger partial charge in [-0.3, -0.25) is 10.1 Å². The van der Waals surface area contributed by atoms with Crippen LogP contribution in [-0.4, -0.2) is 42.8 Å².